The van der Waals surface area contributed by atoms with Crippen LogP contribution in [0.3, 0.4) is 0 Å². The van der Waals surface area contributed by atoms with Crippen LogP contribution in [0.4, 0.5) is 11.4 Å². The lowest BCUT2D eigenvalue weighted by Crippen LogP contribution is -2.39. The predicted molar refractivity (Wildman–Crippen MR) is 89.3 cm³/mol. The summed E-state index contributed by atoms with van der Waals surface area (Å²) in [7, 11) is 0. The molecule has 4 rings (SSSR count). The highest BCUT2D eigenvalue weighted by molar-refractivity contribution is 5.96. The zero-order valence-corrected chi connectivity index (χ0v) is 13.2. The van der Waals surface area contributed by atoms with E-state index in [2.05, 4.69) is 16.0 Å². The van der Waals surface area contributed by atoms with Gasteiger partial charge < -0.3 is 16.0 Å². The second kappa shape index (κ2) is 5.96. The van der Waals surface area contributed by atoms with Gasteiger partial charge in [0, 0.05) is 36.3 Å². The van der Waals surface area contributed by atoms with Gasteiger partial charge in [0.2, 0.25) is 11.8 Å². The lowest BCUT2D eigenvalue weighted by Gasteiger charge is -2.28. The van der Waals surface area contributed by atoms with E-state index in [1.807, 2.05) is 18.2 Å². The predicted octanol–water partition coefficient (Wildman–Crippen LogP) is 2.43. The fraction of sp³-hybridized carbons (Fsp3) is 0.556. The number of carbonyl (C=O) groups excluding carboxylic acids is 2. The van der Waals surface area contributed by atoms with Crippen LogP contribution in [0, 0.1) is 5.92 Å². The third-order valence-corrected chi connectivity index (χ3v) is 5.33. The molecule has 23 heavy (non-hydrogen) atoms. The molecule has 2 fully saturated rings. The van der Waals surface area contributed by atoms with Crippen molar-refractivity contribution < 1.29 is 9.59 Å². The van der Waals surface area contributed by atoms with Crippen molar-refractivity contribution in [2.24, 2.45) is 5.92 Å². The Bertz CT molecular complexity index is 631. The molecular weight excluding hydrogens is 290 g/mol. The van der Waals surface area contributed by atoms with Gasteiger partial charge in [0.05, 0.1) is 0 Å². The van der Waals surface area contributed by atoms with Crippen molar-refractivity contribution in [1.82, 2.24) is 5.32 Å². The Morgan fingerprint density at radius 1 is 1.17 bits per heavy atom. The van der Waals surface area contributed by atoms with Gasteiger partial charge in [0.25, 0.3) is 0 Å². The van der Waals surface area contributed by atoms with Crippen molar-refractivity contribution >= 4 is 23.2 Å². The number of piperidine rings is 1. The maximum Gasteiger partial charge on any atom is 0.224 e. The highest BCUT2D eigenvalue weighted by atomic mass is 16.2. The monoisotopic (exact) mass is 313 g/mol. The minimum atomic E-state index is 0.0474. The number of amides is 2. The van der Waals surface area contributed by atoms with Gasteiger partial charge in [-0.2, -0.15) is 0 Å². The SMILES string of the molecule is O=C(CC1CC2CCC(C1)N2)Nc1ccc2c(c1)NC(=O)CC2. The quantitative estimate of drug-likeness (QED) is 0.802. The number of hydrogen-bond acceptors (Lipinski definition) is 3. The summed E-state index contributed by atoms with van der Waals surface area (Å²) in [4.78, 5) is 23.8. The summed E-state index contributed by atoms with van der Waals surface area (Å²) in [5.74, 6) is 0.621. The zero-order valence-electron chi connectivity index (χ0n) is 13.2. The molecule has 2 amide bonds. The molecule has 2 unspecified atom stereocenters. The van der Waals surface area contributed by atoms with E-state index in [-0.39, 0.29) is 11.8 Å². The fourth-order valence-electron chi connectivity index (χ4n) is 4.27. The summed E-state index contributed by atoms with van der Waals surface area (Å²) in [5, 5.41) is 9.48. The average Bonchev–Trinajstić information content (AvgIpc) is 2.85. The number of anilines is 2. The van der Waals surface area contributed by atoms with Gasteiger partial charge in [0.1, 0.15) is 0 Å². The molecule has 3 heterocycles. The molecule has 0 saturated carbocycles. The van der Waals surface area contributed by atoms with Crippen LogP contribution in [0.5, 0.6) is 0 Å². The largest absolute Gasteiger partial charge is 0.326 e. The molecule has 122 valence electrons. The van der Waals surface area contributed by atoms with E-state index in [1.54, 1.807) is 0 Å². The molecule has 0 radical (unpaired) electrons. The molecule has 2 atom stereocenters. The van der Waals surface area contributed by atoms with Crippen LogP contribution in [0.2, 0.25) is 0 Å². The summed E-state index contributed by atoms with van der Waals surface area (Å²) in [6, 6.07) is 7.03. The van der Waals surface area contributed by atoms with Gasteiger partial charge in [-0.05, 0) is 55.7 Å². The van der Waals surface area contributed by atoms with Crippen LogP contribution in [-0.2, 0) is 16.0 Å². The molecule has 5 nitrogen and oxygen atoms in total. The Balaban J connectivity index is 1.37. The van der Waals surface area contributed by atoms with E-state index < -0.39 is 0 Å². The Kier molecular flexibility index (Phi) is 3.81. The Morgan fingerprint density at radius 2 is 1.96 bits per heavy atom. The van der Waals surface area contributed by atoms with Crippen LogP contribution in [0.1, 0.15) is 44.1 Å². The molecule has 0 spiro atoms. The van der Waals surface area contributed by atoms with Crippen LogP contribution in [0.25, 0.3) is 0 Å². The van der Waals surface area contributed by atoms with Gasteiger partial charge in [-0.3, -0.25) is 9.59 Å². The number of benzene rings is 1. The molecule has 3 aliphatic rings. The first-order chi connectivity index (χ1) is 11.2. The summed E-state index contributed by atoms with van der Waals surface area (Å²) >= 11 is 0. The van der Waals surface area contributed by atoms with E-state index >= 15 is 0 Å². The molecule has 2 saturated heterocycles. The molecule has 1 aromatic rings. The summed E-state index contributed by atoms with van der Waals surface area (Å²) in [6.45, 7) is 0. The van der Waals surface area contributed by atoms with Crippen molar-refractivity contribution in [3.05, 3.63) is 23.8 Å². The Hall–Kier alpha value is -1.88. The van der Waals surface area contributed by atoms with E-state index in [0.29, 0.717) is 30.8 Å². The minimum Gasteiger partial charge on any atom is -0.326 e. The first-order valence-electron chi connectivity index (χ1n) is 8.64. The molecular formula is C18H23N3O2. The molecule has 5 heteroatoms. The topological polar surface area (TPSA) is 70.2 Å². The highest BCUT2D eigenvalue weighted by Gasteiger charge is 2.34. The lowest BCUT2D eigenvalue weighted by molar-refractivity contribution is -0.117. The van der Waals surface area contributed by atoms with E-state index in [0.717, 1.165) is 36.2 Å². The summed E-state index contributed by atoms with van der Waals surface area (Å²) in [6.07, 6.45) is 6.65. The van der Waals surface area contributed by atoms with Gasteiger partial charge >= 0.3 is 0 Å². The minimum absolute atomic E-state index is 0.0474. The van der Waals surface area contributed by atoms with Gasteiger partial charge in [-0.25, -0.2) is 0 Å². The molecule has 3 aliphatic heterocycles. The zero-order chi connectivity index (χ0) is 15.8. The van der Waals surface area contributed by atoms with Gasteiger partial charge in [-0.1, -0.05) is 6.07 Å². The van der Waals surface area contributed by atoms with Crippen molar-refractivity contribution in [2.45, 2.75) is 57.0 Å². The van der Waals surface area contributed by atoms with Gasteiger partial charge in [0.15, 0.2) is 0 Å². The lowest BCUT2D eigenvalue weighted by atomic mass is 9.89. The van der Waals surface area contributed by atoms with E-state index in [4.69, 9.17) is 0 Å². The first-order valence-corrected chi connectivity index (χ1v) is 8.64. The summed E-state index contributed by atoms with van der Waals surface area (Å²) < 4.78 is 0. The van der Waals surface area contributed by atoms with Crippen molar-refractivity contribution in [2.75, 3.05) is 10.6 Å². The van der Waals surface area contributed by atoms with Crippen molar-refractivity contribution in [3.63, 3.8) is 0 Å². The van der Waals surface area contributed by atoms with Crippen molar-refractivity contribution in [3.8, 4) is 0 Å². The fourth-order valence-corrected chi connectivity index (χ4v) is 4.27. The number of aryl methyl sites for hydroxylation is 1. The Morgan fingerprint density at radius 3 is 2.74 bits per heavy atom. The average molecular weight is 313 g/mol. The Labute approximate surface area is 136 Å². The molecule has 3 N–H and O–H groups in total. The number of fused-ring (bicyclic) bond motifs is 3. The normalized spacial score (nSPS) is 28.9. The third-order valence-electron chi connectivity index (χ3n) is 5.33. The third kappa shape index (κ3) is 3.24. The standard InChI is InChI=1S/C18H23N3O2/c22-17-6-2-12-1-3-15(10-16(12)21-17)20-18(23)9-11-7-13-4-5-14(8-11)19-13/h1,3,10-11,13-14,19H,2,4-9H2,(H,20,23)(H,21,22). The second-order valence-corrected chi connectivity index (χ2v) is 7.15. The van der Waals surface area contributed by atoms with Crippen molar-refractivity contribution in [1.29, 1.82) is 0 Å². The maximum atomic E-state index is 12.3. The molecule has 1 aromatic carbocycles. The van der Waals surface area contributed by atoms with Crippen LogP contribution in [0.15, 0.2) is 18.2 Å². The molecule has 0 aromatic heterocycles. The maximum absolute atomic E-state index is 12.3. The van der Waals surface area contributed by atoms with Gasteiger partial charge in [-0.15, -0.1) is 0 Å². The van der Waals surface area contributed by atoms with E-state index in [1.165, 1.54) is 12.8 Å². The molecule has 0 aliphatic carbocycles. The van der Waals surface area contributed by atoms with Crippen LogP contribution < -0.4 is 16.0 Å². The highest BCUT2D eigenvalue weighted by Crippen LogP contribution is 2.33. The van der Waals surface area contributed by atoms with E-state index in [9.17, 15) is 9.59 Å². The number of rotatable bonds is 3. The number of hydrogen-bond donors (Lipinski definition) is 3. The van der Waals surface area contributed by atoms with Crippen LogP contribution >= 0.6 is 0 Å². The first kappa shape index (κ1) is 14.7. The number of carbonyl (C=O) groups is 2. The number of nitrogens with one attached hydrogen (secondary N) is 3. The molecule has 2 bridgehead atoms. The second-order valence-electron chi connectivity index (χ2n) is 7.15. The van der Waals surface area contributed by atoms with Crippen LogP contribution in [-0.4, -0.2) is 23.9 Å². The smallest absolute Gasteiger partial charge is 0.224 e. The summed E-state index contributed by atoms with van der Waals surface area (Å²) in [5.41, 5.74) is 2.74.